The highest BCUT2D eigenvalue weighted by Crippen LogP contribution is 2.38. The summed E-state index contributed by atoms with van der Waals surface area (Å²) in [4.78, 5) is 24.9. The highest BCUT2D eigenvalue weighted by Gasteiger charge is 2.26. The first-order chi connectivity index (χ1) is 12.6. The second-order valence-corrected chi connectivity index (χ2v) is 6.70. The van der Waals surface area contributed by atoms with Crippen LogP contribution in [-0.2, 0) is 0 Å². The summed E-state index contributed by atoms with van der Waals surface area (Å²) in [7, 11) is 4.47. The van der Waals surface area contributed by atoms with Crippen LogP contribution in [0, 0.1) is 0 Å². The van der Waals surface area contributed by atoms with Crippen molar-refractivity contribution in [3.63, 3.8) is 0 Å². The Bertz CT molecular complexity index is 804. The van der Waals surface area contributed by atoms with Crippen LogP contribution in [-0.4, -0.2) is 39.2 Å². The third kappa shape index (κ3) is 3.75. The Labute approximate surface area is 155 Å². The van der Waals surface area contributed by atoms with Crippen molar-refractivity contribution in [1.82, 2.24) is 5.32 Å². The third-order valence-corrected chi connectivity index (χ3v) is 4.81. The number of hydrogen-bond donors (Lipinski definition) is 2. The summed E-state index contributed by atoms with van der Waals surface area (Å²) in [6, 6.07) is 5.08. The molecule has 3 rings (SSSR count). The van der Waals surface area contributed by atoms with Gasteiger partial charge in [-0.1, -0.05) is 0 Å². The van der Waals surface area contributed by atoms with Gasteiger partial charge >= 0.3 is 0 Å². The predicted molar refractivity (Wildman–Crippen MR) is 98.9 cm³/mol. The molecule has 0 unspecified atom stereocenters. The maximum absolute atomic E-state index is 12.7. The minimum atomic E-state index is -0.368. The molecule has 7 nitrogen and oxygen atoms in total. The van der Waals surface area contributed by atoms with Crippen LogP contribution in [0.1, 0.15) is 33.6 Å². The van der Waals surface area contributed by atoms with Crippen LogP contribution in [0.25, 0.3) is 0 Å². The number of anilines is 1. The fourth-order valence-corrected chi connectivity index (χ4v) is 3.24. The average Bonchev–Trinajstić information content (AvgIpc) is 3.34. The van der Waals surface area contributed by atoms with E-state index in [1.54, 1.807) is 23.6 Å². The zero-order valence-corrected chi connectivity index (χ0v) is 15.6. The molecule has 2 aromatic rings. The molecule has 1 aliphatic carbocycles. The van der Waals surface area contributed by atoms with Crippen LogP contribution >= 0.6 is 11.3 Å². The molecule has 2 amide bonds. The van der Waals surface area contributed by atoms with E-state index < -0.39 is 0 Å². The topological polar surface area (TPSA) is 85.9 Å². The molecule has 0 radical (unpaired) electrons. The van der Waals surface area contributed by atoms with Crippen LogP contribution in [0.2, 0.25) is 0 Å². The zero-order chi connectivity index (χ0) is 18.7. The summed E-state index contributed by atoms with van der Waals surface area (Å²) in [6.07, 6.45) is 2.01. The lowest BCUT2D eigenvalue weighted by Crippen LogP contribution is -2.26. The summed E-state index contributed by atoms with van der Waals surface area (Å²) in [6.45, 7) is 0. The van der Waals surface area contributed by atoms with Crippen molar-refractivity contribution in [2.75, 3.05) is 26.6 Å². The van der Waals surface area contributed by atoms with Crippen molar-refractivity contribution < 1.29 is 23.8 Å². The van der Waals surface area contributed by atoms with Gasteiger partial charge in [-0.25, -0.2) is 0 Å². The lowest BCUT2D eigenvalue weighted by molar-refractivity contribution is 0.0952. The second-order valence-electron chi connectivity index (χ2n) is 5.78. The van der Waals surface area contributed by atoms with Gasteiger partial charge in [0.1, 0.15) is 5.00 Å². The van der Waals surface area contributed by atoms with Crippen molar-refractivity contribution in [2.45, 2.75) is 18.9 Å². The molecule has 138 valence electrons. The number of nitrogens with one attached hydrogen (secondary N) is 2. The minimum absolute atomic E-state index is 0.172. The highest BCUT2D eigenvalue weighted by molar-refractivity contribution is 7.14. The quantitative estimate of drug-likeness (QED) is 0.776. The van der Waals surface area contributed by atoms with Crippen LogP contribution in [0.4, 0.5) is 5.00 Å². The first-order valence-corrected chi connectivity index (χ1v) is 8.95. The van der Waals surface area contributed by atoms with E-state index in [1.807, 2.05) is 0 Å². The fraction of sp³-hybridized carbons (Fsp3) is 0.333. The number of carbonyl (C=O) groups is 2. The number of hydrogen-bond acceptors (Lipinski definition) is 6. The Kier molecular flexibility index (Phi) is 5.32. The Balaban J connectivity index is 1.82. The van der Waals surface area contributed by atoms with Gasteiger partial charge in [0.05, 0.1) is 26.9 Å². The van der Waals surface area contributed by atoms with Crippen LogP contribution in [0.3, 0.4) is 0 Å². The van der Waals surface area contributed by atoms with E-state index in [0.717, 1.165) is 12.8 Å². The fourth-order valence-electron chi connectivity index (χ4n) is 2.46. The number of benzene rings is 1. The number of amides is 2. The van der Waals surface area contributed by atoms with E-state index >= 15 is 0 Å². The van der Waals surface area contributed by atoms with Crippen LogP contribution in [0.5, 0.6) is 17.2 Å². The second kappa shape index (κ2) is 7.65. The molecule has 26 heavy (non-hydrogen) atoms. The van der Waals surface area contributed by atoms with Crippen LogP contribution in [0.15, 0.2) is 23.6 Å². The van der Waals surface area contributed by atoms with Gasteiger partial charge in [0.15, 0.2) is 11.5 Å². The number of carbonyl (C=O) groups excluding carboxylic acids is 2. The Morgan fingerprint density at radius 2 is 1.69 bits per heavy atom. The summed E-state index contributed by atoms with van der Waals surface area (Å²) < 4.78 is 15.8. The van der Waals surface area contributed by atoms with Crippen molar-refractivity contribution in [3.8, 4) is 17.2 Å². The van der Waals surface area contributed by atoms with Gasteiger partial charge in [-0.2, -0.15) is 0 Å². The number of rotatable bonds is 7. The van der Waals surface area contributed by atoms with Gasteiger partial charge in [0, 0.05) is 11.6 Å². The van der Waals surface area contributed by atoms with Gasteiger partial charge in [-0.15, -0.1) is 11.3 Å². The van der Waals surface area contributed by atoms with Gasteiger partial charge in [-0.05, 0) is 36.4 Å². The van der Waals surface area contributed by atoms with Gasteiger partial charge in [0.25, 0.3) is 11.8 Å². The van der Waals surface area contributed by atoms with E-state index in [1.165, 1.54) is 32.7 Å². The van der Waals surface area contributed by atoms with Gasteiger partial charge in [0.2, 0.25) is 5.75 Å². The first-order valence-electron chi connectivity index (χ1n) is 8.07. The largest absolute Gasteiger partial charge is 0.493 e. The summed E-state index contributed by atoms with van der Waals surface area (Å²) in [5.74, 6) is 0.637. The normalized spacial score (nSPS) is 13.0. The molecule has 0 spiro atoms. The molecule has 0 saturated heterocycles. The smallest absolute Gasteiger partial charge is 0.256 e. The lowest BCUT2D eigenvalue weighted by Gasteiger charge is -2.14. The predicted octanol–water partition coefficient (Wildman–Crippen LogP) is 2.92. The van der Waals surface area contributed by atoms with Crippen LogP contribution < -0.4 is 24.8 Å². The van der Waals surface area contributed by atoms with E-state index in [4.69, 9.17) is 14.2 Å². The summed E-state index contributed by atoms with van der Waals surface area (Å²) in [5, 5.41) is 7.98. The van der Waals surface area contributed by atoms with Crippen molar-refractivity contribution in [3.05, 3.63) is 34.7 Å². The van der Waals surface area contributed by atoms with Gasteiger partial charge < -0.3 is 24.8 Å². The van der Waals surface area contributed by atoms with E-state index in [-0.39, 0.29) is 17.9 Å². The van der Waals surface area contributed by atoms with Crippen molar-refractivity contribution in [2.24, 2.45) is 0 Å². The lowest BCUT2D eigenvalue weighted by atomic mass is 10.1. The molecule has 1 saturated carbocycles. The maximum Gasteiger partial charge on any atom is 0.256 e. The van der Waals surface area contributed by atoms with E-state index in [2.05, 4.69) is 10.6 Å². The molecule has 1 fully saturated rings. The highest BCUT2D eigenvalue weighted by atomic mass is 32.1. The standard InChI is InChI=1S/C18H20N2O5S/c1-23-13-8-10(9-14(24-2)15(13)25-3)16(21)20-18-12(6-7-26-18)17(22)19-11-4-5-11/h6-9,11H,4-5H2,1-3H3,(H,19,22)(H,20,21). The molecule has 0 bridgehead atoms. The molecular weight excluding hydrogens is 356 g/mol. The first kappa shape index (κ1) is 18.1. The maximum atomic E-state index is 12.7. The van der Waals surface area contributed by atoms with Crippen molar-refractivity contribution in [1.29, 1.82) is 0 Å². The van der Waals surface area contributed by atoms with E-state index in [0.29, 0.717) is 33.4 Å². The monoisotopic (exact) mass is 376 g/mol. The Morgan fingerprint density at radius 1 is 1.04 bits per heavy atom. The SMILES string of the molecule is COc1cc(C(=O)Nc2sccc2C(=O)NC2CC2)cc(OC)c1OC. The molecular formula is C18H20N2O5S. The minimum Gasteiger partial charge on any atom is -0.493 e. The molecule has 1 aromatic carbocycles. The molecule has 1 aliphatic rings. The average molecular weight is 376 g/mol. The summed E-state index contributed by atoms with van der Waals surface area (Å²) in [5.41, 5.74) is 0.796. The molecule has 1 aromatic heterocycles. The van der Waals surface area contributed by atoms with E-state index in [9.17, 15) is 9.59 Å². The molecule has 0 aliphatic heterocycles. The molecule has 8 heteroatoms. The zero-order valence-electron chi connectivity index (χ0n) is 14.8. The van der Waals surface area contributed by atoms with Crippen molar-refractivity contribution >= 4 is 28.2 Å². The van der Waals surface area contributed by atoms with Gasteiger partial charge in [-0.3, -0.25) is 9.59 Å². The molecule has 0 atom stereocenters. The summed E-state index contributed by atoms with van der Waals surface area (Å²) >= 11 is 1.30. The number of ether oxygens (including phenoxy) is 3. The Morgan fingerprint density at radius 3 is 2.23 bits per heavy atom. The number of methoxy groups -OCH3 is 3. The molecule has 2 N–H and O–H groups in total. The molecule has 1 heterocycles. The Hall–Kier alpha value is -2.74. The number of thiophene rings is 1. The third-order valence-electron chi connectivity index (χ3n) is 3.98.